The highest BCUT2D eigenvalue weighted by atomic mass is 32.1. The lowest BCUT2D eigenvalue weighted by Crippen LogP contribution is -2.41. The second kappa shape index (κ2) is 8.83. The predicted octanol–water partition coefficient (Wildman–Crippen LogP) is 4.38. The summed E-state index contributed by atoms with van der Waals surface area (Å²) >= 11 is 1.56. The number of methoxy groups -OCH3 is 1. The van der Waals surface area contributed by atoms with Gasteiger partial charge in [-0.15, -0.1) is 11.3 Å². The summed E-state index contributed by atoms with van der Waals surface area (Å²) in [5.74, 6) is 2.08. The lowest BCUT2D eigenvalue weighted by molar-refractivity contribution is -0.131. The SMILES string of the molecule is COc1ccc(C(=O)C2CCN(C(=O)Cc3nc(-c4cccs4)oc3C)CC2)cc1. The molecule has 0 bridgehead atoms. The normalized spacial score (nSPS) is 14.7. The van der Waals surface area contributed by atoms with E-state index in [-0.39, 0.29) is 24.0 Å². The monoisotopic (exact) mass is 424 g/mol. The average Bonchev–Trinajstić information content (AvgIpc) is 3.44. The molecule has 0 radical (unpaired) electrons. The number of oxazole rings is 1. The van der Waals surface area contributed by atoms with Crippen LogP contribution in [0.15, 0.2) is 46.2 Å². The second-order valence-electron chi connectivity index (χ2n) is 7.42. The maximum absolute atomic E-state index is 12.8. The van der Waals surface area contributed by atoms with Crippen molar-refractivity contribution in [2.24, 2.45) is 5.92 Å². The number of hydrogen-bond donors (Lipinski definition) is 0. The van der Waals surface area contributed by atoms with Gasteiger partial charge in [0.2, 0.25) is 11.8 Å². The molecule has 30 heavy (non-hydrogen) atoms. The fourth-order valence-electron chi connectivity index (χ4n) is 3.73. The highest BCUT2D eigenvalue weighted by molar-refractivity contribution is 7.13. The molecule has 1 aliphatic heterocycles. The van der Waals surface area contributed by atoms with Gasteiger partial charge in [0.15, 0.2) is 5.78 Å². The summed E-state index contributed by atoms with van der Waals surface area (Å²) in [7, 11) is 1.60. The number of hydrogen-bond acceptors (Lipinski definition) is 6. The van der Waals surface area contributed by atoms with Crippen molar-refractivity contribution in [3.63, 3.8) is 0 Å². The van der Waals surface area contributed by atoms with Crippen LogP contribution in [0.5, 0.6) is 5.75 Å². The van der Waals surface area contributed by atoms with E-state index in [1.807, 2.05) is 29.3 Å². The molecule has 0 aliphatic carbocycles. The Morgan fingerprint density at radius 1 is 1.20 bits per heavy atom. The van der Waals surface area contributed by atoms with Crippen LogP contribution in [0, 0.1) is 12.8 Å². The van der Waals surface area contributed by atoms with E-state index >= 15 is 0 Å². The van der Waals surface area contributed by atoms with Crippen molar-refractivity contribution < 1.29 is 18.7 Å². The smallest absolute Gasteiger partial charge is 0.236 e. The Kier molecular flexibility index (Phi) is 5.99. The van der Waals surface area contributed by atoms with Crippen molar-refractivity contribution in [2.45, 2.75) is 26.2 Å². The quantitative estimate of drug-likeness (QED) is 0.549. The van der Waals surface area contributed by atoms with Crippen molar-refractivity contribution in [3.05, 3.63) is 58.8 Å². The van der Waals surface area contributed by atoms with Gasteiger partial charge in [0.1, 0.15) is 11.5 Å². The van der Waals surface area contributed by atoms with Gasteiger partial charge < -0.3 is 14.1 Å². The standard InChI is InChI=1S/C23H24N2O4S/c1-15-19(24-23(29-15)20-4-3-13-30-20)14-21(26)25-11-9-17(10-12-25)22(27)16-5-7-18(28-2)8-6-16/h3-8,13,17H,9-12,14H2,1-2H3. The Hall–Kier alpha value is -2.93. The van der Waals surface area contributed by atoms with E-state index < -0.39 is 0 Å². The molecule has 7 heteroatoms. The van der Waals surface area contributed by atoms with Crippen LogP contribution in [-0.4, -0.2) is 41.8 Å². The number of benzene rings is 1. The molecule has 1 aliphatic rings. The molecule has 3 heterocycles. The van der Waals surface area contributed by atoms with Gasteiger partial charge in [-0.3, -0.25) is 9.59 Å². The van der Waals surface area contributed by atoms with Crippen LogP contribution in [0.3, 0.4) is 0 Å². The van der Waals surface area contributed by atoms with E-state index in [0.29, 0.717) is 48.8 Å². The number of aromatic nitrogens is 1. The Labute approximate surface area is 179 Å². The Morgan fingerprint density at radius 2 is 1.93 bits per heavy atom. The van der Waals surface area contributed by atoms with Gasteiger partial charge in [0.25, 0.3) is 0 Å². The predicted molar refractivity (Wildman–Crippen MR) is 115 cm³/mol. The number of piperidine rings is 1. The van der Waals surface area contributed by atoms with E-state index in [1.165, 1.54) is 0 Å². The van der Waals surface area contributed by atoms with Gasteiger partial charge in [0, 0.05) is 24.6 Å². The highest BCUT2D eigenvalue weighted by Gasteiger charge is 2.28. The summed E-state index contributed by atoms with van der Waals surface area (Å²) in [6.45, 7) is 3.01. The third kappa shape index (κ3) is 4.31. The van der Waals surface area contributed by atoms with Gasteiger partial charge in [-0.05, 0) is 55.5 Å². The first-order valence-corrected chi connectivity index (χ1v) is 10.9. The third-order valence-corrected chi connectivity index (χ3v) is 6.39. The number of thiophene rings is 1. The summed E-state index contributed by atoms with van der Waals surface area (Å²) in [6.07, 6.45) is 1.57. The van der Waals surface area contributed by atoms with E-state index in [1.54, 1.807) is 42.7 Å². The lowest BCUT2D eigenvalue weighted by Gasteiger charge is -2.31. The van der Waals surface area contributed by atoms with Crippen LogP contribution in [0.4, 0.5) is 0 Å². The fraction of sp³-hybridized carbons (Fsp3) is 0.348. The number of Topliss-reactive ketones (excluding diaryl/α,β-unsaturated/α-hetero) is 1. The number of carbonyl (C=O) groups is 2. The lowest BCUT2D eigenvalue weighted by atomic mass is 9.88. The Morgan fingerprint density at radius 3 is 2.57 bits per heavy atom. The van der Waals surface area contributed by atoms with Gasteiger partial charge in [-0.2, -0.15) is 0 Å². The number of ether oxygens (including phenoxy) is 1. The third-order valence-electron chi connectivity index (χ3n) is 5.54. The van der Waals surface area contributed by atoms with Gasteiger partial charge in [0.05, 0.1) is 24.1 Å². The fourth-order valence-corrected chi connectivity index (χ4v) is 4.38. The molecule has 156 valence electrons. The summed E-state index contributed by atoms with van der Waals surface area (Å²) in [5, 5.41) is 1.97. The minimum absolute atomic E-state index is 0.0273. The largest absolute Gasteiger partial charge is 0.497 e. The molecule has 3 aromatic rings. The summed E-state index contributed by atoms with van der Waals surface area (Å²) < 4.78 is 10.9. The second-order valence-corrected chi connectivity index (χ2v) is 8.37. The first kappa shape index (κ1) is 20.3. The van der Waals surface area contributed by atoms with E-state index in [0.717, 1.165) is 10.6 Å². The topological polar surface area (TPSA) is 72.6 Å². The molecule has 0 unspecified atom stereocenters. The molecule has 2 aromatic heterocycles. The Bertz CT molecular complexity index is 1020. The molecule has 1 aromatic carbocycles. The minimum atomic E-state index is -0.0540. The van der Waals surface area contributed by atoms with E-state index in [9.17, 15) is 9.59 Å². The van der Waals surface area contributed by atoms with Gasteiger partial charge in [-0.25, -0.2) is 4.98 Å². The molecule has 0 N–H and O–H groups in total. The molecule has 0 spiro atoms. The molecule has 0 saturated carbocycles. The molecule has 1 amide bonds. The number of carbonyl (C=O) groups excluding carboxylic acids is 2. The Balaban J connectivity index is 1.33. The zero-order valence-electron chi connectivity index (χ0n) is 17.1. The number of likely N-dealkylation sites (tertiary alicyclic amines) is 1. The van der Waals surface area contributed by atoms with Gasteiger partial charge >= 0.3 is 0 Å². The summed E-state index contributed by atoms with van der Waals surface area (Å²) in [4.78, 5) is 32.8. The first-order chi connectivity index (χ1) is 14.5. The van der Waals surface area contributed by atoms with Crippen LogP contribution in [0.2, 0.25) is 0 Å². The molecule has 6 nitrogen and oxygen atoms in total. The maximum atomic E-state index is 12.8. The molecular weight excluding hydrogens is 400 g/mol. The van der Waals surface area contributed by atoms with Crippen LogP contribution in [0.25, 0.3) is 10.8 Å². The average molecular weight is 425 g/mol. The first-order valence-electron chi connectivity index (χ1n) is 10.0. The van der Waals surface area contributed by atoms with Crippen LogP contribution >= 0.6 is 11.3 Å². The van der Waals surface area contributed by atoms with Crippen molar-refractivity contribution >= 4 is 23.0 Å². The van der Waals surface area contributed by atoms with Gasteiger partial charge in [-0.1, -0.05) is 6.07 Å². The summed E-state index contributed by atoms with van der Waals surface area (Å²) in [5.41, 5.74) is 1.37. The zero-order chi connectivity index (χ0) is 21.1. The maximum Gasteiger partial charge on any atom is 0.236 e. The van der Waals surface area contributed by atoms with Crippen molar-refractivity contribution in [1.82, 2.24) is 9.88 Å². The molecule has 1 saturated heterocycles. The number of aryl methyl sites for hydroxylation is 1. The minimum Gasteiger partial charge on any atom is -0.497 e. The molecule has 4 rings (SSSR count). The number of ketones is 1. The molecule has 0 atom stereocenters. The van der Waals surface area contributed by atoms with Crippen molar-refractivity contribution in [3.8, 4) is 16.5 Å². The van der Waals surface area contributed by atoms with E-state index in [4.69, 9.17) is 9.15 Å². The molecular formula is C23H24N2O4S. The van der Waals surface area contributed by atoms with E-state index in [2.05, 4.69) is 4.98 Å². The van der Waals surface area contributed by atoms with Crippen molar-refractivity contribution in [1.29, 1.82) is 0 Å². The van der Waals surface area contributed by atoms with Crippen LogP contribution in [0.1, 0.15) is 34.7 Å². The molecule has 1 fully saturated rings. The number of rotatable bonds is 6. The zero-order valence-corrected chi connectivity index (χ0v) is 17.9. The van der Waals surface area contributed by atoms with Crippen LogP contribution in [-0.2, 0) is 11.2 Å². The highest BCUT2D eigenvalue weighted by Crippen LogP contribution is 2.27. The number of nitrogens with zero attached hydrogens (tertiary/aromatic N) is 2. The number of amides is 1. The van der Waals surface area contributed by atoms with Crippen molar-refractivity contribution in [2.75, 3.05) is 20.2 Å². The van der Waals surface area contributed by atoms with Crippen LogP contribution < -0.4 is 4.74 Å². The summed E-state index contributed by atoms with van der Waals surface area (Å²) in [6, 6.07) is 11.1.